The second kappa shape index (κ2) is 9.42. The van der Waals surface area contributed by atoms with Crippen LogP contribution in [0.3, 0.4) is 0 Å². The summed E-state index contributed by atoms with van der Waals surface area (Å²) in [5.74, 6) is 1.26. The van der Waals surface area contributed by atoms with E-state index in [1.165, 1.54) is 58.0 Å². The fourth-order valence-electron chi connectivity index (χ4n) is 7.80. The van der Waals surface area contributed by atoms with Crippen molar-refractivity contribution in [2.75, 3.05) is 4.90 Å². The molecular formula is C37H33N3. The van der Waals surface area contributed by atoms with Crippen LogP contribution in [0.25, 0.3) is 27.5 Å². The van der Waals surface area contributed by atoms with E-state index in [4.69, 9.17) is 0 Å². The molecule has 0 saturated carbocycles. The molecule has 1 fully saturated rings. The molecule has 5 atom stereocenters. The first-order chi connectivity index (χ1) is 19.8. The van der Waals surface area contributed by atoms with Gasteiger partial charge in [-0.1, -0.05) is 79.0 Å². The molecule has 3 nitrogen and oxygen atoms in total. The molecule has 2 heterocycles. The lowest BCUT2D eigenvalue weighted by molar-refractivity contribution is 0.492. The van der Waals surface area contributed by atoms with E-state index in [2.05, 4.69) is 125 Å². The van der Waals surface area contributed by atoms with Crippen LogP contribution in [0.15, 0.2) is 115 Å². The van der Waals surface area contributed by atoms with Crippen molar-refractivity contribution in [2.45, 2.75) is 44.1 Å². The molecule has 1 aliphatic heterocycles. The molecule has 1 saturated heterocycles. The average molecular weight is 520 g/mol. The van der Waals surface area contributed by atoms with Crippen LogP contribution >= 0.6 is 0 Å². The summed E-state index contributed by atoms with van der Waals surface area (Å²) in [6, 6.07) is 16.8. The zero-order valence-electron chi connectivity index (χ0n) is 22.7. The van der Waals surface area contributed by atoms with Crippen molar-refractivity contribution in [3.05, 3.63) is 121 Å². The van der Waals surface area contributed by atoms with Gasteiger partial charge < -0.3 is 9.47 Å². The third-order valence-corrected chi connectivity index (χ3v) is 9.64. The fourth-order valence-corrected chi connectivity index (χ4v) is 7.80. The van der Waals surface area contributed by atoms with Crippen LogP contribution in [0, 0.1) is 29.1 Å². The first-order valence-electron chi connectivity index (χ1n) is 14.8. The molecule has 3 aromatic rings. The summed E-state index contributed by atoms with van der Waals surface area (Å²) < 4.78 is 2.40. The maximum absolute atomic E-state index is 10.2. The number of hydrogen-bond donors (Lipinski definition) is 0. The SMILES string of the molecule is N#CC1CC=CC=C1n1c2cc(C3C=CCCC3)ccc2c2c(N3C4=CC=CCC4C4C=CC=CC43)cccc21. The van der Waals surface area contributed by atoms with Crippen molar-refractivity contribution < 1.29 is 0 Å². The Morgan fingerprint density at radius 3 is 2.58 bits per heavy atom. The first kappa shape index (κ1) is 23.6. The number of hydrogen-bond acceptors (Lipinski definition) is 2. The van der Waals surface area contributed by atoms with Gasteiger partial charge in [-0.3, -0.25) is 0 Å². The van der Waals surface area contributed by atoms with E-state index in [1.807, 2.05) is 0 Å². The van der Waals surface area contributed by atoms with Gasteiger partial charge in [0.05, 0.1) is 34.7 Å². The van der Waals surface area contributed by atoms with Gasteiger partial charge in [0.15, 0.2) is 0 Å². The predicted octanol–water partition coefficient (Wildman–Crippen LogP) is 8.95. The molecule has 3 heteroatoms. The maximum atomic E-state index is 10.2. The van der Waals surface area contributed by atoms with Crippen molar-refractivity contribution in [3.8, 4) is 6.07 Å². The largest absolute Gasteiger partial charge is 0.337 e. The van der Waals surface area contributed by atoms with Crippen LogP contribution in [0.4, 0.5) is 5.69 Å². The smallest absolute Gasteiger partial charge is 0.0902 e. The first-order valence-corrected chi connectivity index (χ1v) is 14.8. The monoisotopic (exact) mass is 519 g/mol. The summed E-state index contributed by atoms with van der Waals surface area (Å²) in [4.78, 5) is 2.61. The highest BCUT2D eigenvalue weighted by Gasteiger charge is 2.44. The molecule has 196 valence electrons. The summed E-state index contributed by atoms with van der Waals surface area (Å²) in [5.41, 5.74) is 7.54. The predicted molar refractivity (Wildman–Crippen MR) is 166 cm³/mol. The van der Waals surface area contributed by atoms with E-state index in [9.17, 15) is 5.26 Å². The van der Waals surface area contributed by atoms with Crippen LogP contribution in [0.1, 0.15) is 43.6 Å². The van der Waals surface area contributed by atoms with Gasteiger partial charge in [0, 0.05) is 39.9 Å². The molecule has 2 aromatic carbocycles. The zero-order valence-corrected chi connectivity index (χ0v) is 22.7. The van der Waals surface area contributed by atoms with Crippen LogP contribution in [0.2, 0.25) is 0 Å². The van der Waals surface area contributed by atoms with Gasteiger partial charge in [-0.2, -0.15) is 5.26 Å². The van der Waals surface area contributed by atoms with E-state index in [1.54, 1.807) is 0 Å². The highest BCUT2D eigenvalue weighted by atomic mass is 15.2. The third kappa shape index (κ3) is 3.49. The number of allylic oxidation sites excluding steroid dienone is 12. The Morgan fingerprint density at radius 1 is 0.825 bits per heavy atom. The van der Waals surface area contributed by atoms with Crippen molar-refractivity contribution in [1.29, 1.82) is 5.26 Å². The second-order valence-electron chi connectivity index (χ2n) is 11.8. The van der Waals surface area contributed by atoms with Gasteiger partial charge in [-0.05, 0) is 68.0 Å². The highest BCUT2D eigenvalue weighted by Crippen LogP contribution is 2.50. The van der Waals surface area contributed by atoms with Gasteiger partial charge in [0.2, 0.25) is 0 Å². The quantitative estimate of drug-likeness (QED) is 0.324. The number of anilines is 1. The molecular weight excluding hydrogens is 486 g/mol. The lowest BCUT2D eigenvalue weighted by Crippen LogP contribution is -2.30. The van der Waals surface area contributed by atoms with Crippen molar-refractivity contribution in [1.82, 2.24) is 4.57 Å². The van der Waals surface area contributed by atoms with Crippen LogP contribution in [-0.2, 0) is 0 Å². The van der Waals surface area contributed by atoms with Gasteiger partial charge >= 0.3 is 0 Å². The molecule has 0 N–H and O–H groups in total. The van der Waals surface area contributed by atoms with E-state index in [-0.39, 0.29) is 5.92 Å². The molecule has 4 aliphatic carbocycles. The molecule has 5 unspecified atom stereocenters. The number of nitrogens with zero attached hydrogens (tertiary/aromatic N) is 3. The Labute approximate surface area is 236 Å². The Morgan fingerprint density at radius 2 is 1.70 bits per heavy atom. The van der Waals surface area contributed by atoms with Gasteiger partial charge in [-0.25, -0.2) is 0 Å². The summed E-state index contributed by atoms with van der Waals surface area (Å²) >= 11 is 0. The summed E-state index contributed by atoms with van der Waals surface area (Å²) in [6.07, 6.45) is 32.7. The molecule has 1 aromatic heterocycles. The third-order valence-electron chi connectivity index (χ3n) is 9.64. The number of benzene rings is 2. The zero-order chi connectivity index (χ0) is 26.6. The Hall–Kier alpha value is -4.29. The lowest BCUT2D eigenvalue weighted by Gasteiger charge is -2.29. The maximum Gasteiger partial charge on any atom is 0.0902 e. The number of nitriles is 1. The Kier molecular flexibility index (Phi) is 5.55. The normalized spacial score (nSPS) is 28.5. The van der Waals surface area contributed by atoms with Crippen LogP contribution < -0.4 is 4.90 Å². The Balaban J connectivity index is 1.41. The van der Waals surface area contributed by atoms with Crippen molar-refractivity contribution in [3.63, 3.8) is 0 Å². The molecule has 0 spiro atoms. The topological polar surface area (TPSA) is 32.0 Å². The fraction of sp³-hybridized carbons (Fsp3) is 0.270. The molecule has 0 radical (unpaired) electrons. The summed E-state index contributed by atoms with van der Waals surface area (Å²) in [6.45, 7) is 0. The van der Waals surface area contributed by atoms with Gasteiger partial charge in [0.25, 0.3) is 0 Å². The lowest BCUT2D eigenvalue weighted by atomic mass is 9.83. The summed E-state index contributed by atoms with van der Waals surface area (Å²) in [5, 5.41) is 12.7. The van der Waals surface area contributed by atoms with E-state index in [0.29, 0.717) is 23.8 Å². The minimum absolute atomic E-state index is 0.163. The van der Waals surface area contributed by atoms with E-state index in [0.717, 1.165) is 18.5 Å². The van der Waals surface area contributed by atoms with Gasteiger partial charge in [0.1, 0.15) is 0 Å². The second-order valence-corrected chi connectivity index (χ2v) is 11.8. The molecule has 0 bridgehead atoms. The highest BCUT2D eigenvalue weighted by molar-refractivity contribution is 6.16. The Bertz CT molecular complexity index is 1780. The standard InChI is InChI=1S/C37H33N3/c38-24-27-13-4-7-16-31(27)39-34-19-10-20-35(40-32-17-8-5-14-28(32)29-15-6-9-18-33(29)40)37(34)30-22-21-26(23-36(30)39)25-11-2-1-3-12-25/h2,4-11,14,16-23,25,27-29,32H,1,3,12-13,15H2. The van der Waals surface area contributed by atoms with Crippen molar-refractivity contribution >= 4 is 33.2 Å². The van der Waals surface area contributed by atoms with Gasteiger partial charge in [-0.15, -0.1) is 0 Å². The van der Waals surface area contributed by atoms with E-state index < -0.39 is 0 Å². The summed E-state index contributed by atoms with van der Waals surface area (Å²) in [7, 11) is 0. The van der Waals surface area contributed by atoms with Crippen LogP contribution in [-0.4, -0.2) is 10.6 Å². The number of fused-ring (bicyclic) bond motifs is 6. The van der Waals surface area contributed by atoms with Crippen LogP contribution in [0.5, 0.6) is 0 Å². The molecule has 40 heavy (non-hydrogen) atoms. The minimum Gasteiger partial charge on any atom is -0.337 e. The van der Waals surface area contributed by atoms with Crippen molar-refractivity contribution in [2.24, 2.45) is 17.8 Å². The molecule has 0 amide bonds. The average Bonchev–Trinajstić information content (AvgIpc) is 3.54. The molecule has 8 rings (SSSR count). The van der Waals surface area contributed by atoms with E-state index >= 15 is 0 Å². The number of rotatable bonds is 3. The molecule has 5 aliphatic rings. The number of aromatic nitrogens is 1. The minimum atomic E-state index is -0.163.